The molecule has 7 rings (SSSR count). The third-order valence-electron chi connectivity index (χ3n) is 10.2. The minimum absolute atomic E-state index is 0.101. The molecule has 1 aliphatic carbocycles. The number of carboxylic acids is 1. The lowest BCUT2D eigenvalue weighted by molar-refractivity contribution is -0.133. The van der Waals surface area contributed by atoms with Crippen molar-refractivity contribution in [2.24, 2.45) is 0 Å². The smallest absolute Gasteiger partial charge is 0.477 e. The molecule has 1 fully saturated rings. The molecule has 2 atom stereocenters. The third kappa shape index (κ3) is 9.90. The summed E-state index contributed by atoms with van der Waals surface area (Å²) in [6, 6.07) is 26.4. The van der Waals surface area contributed by atoms with Crippen LogP contribution in [0.5, 0.6) is 0 Å². The number of carboxylic acid groups (broad SMARTS) is 1. The molecule has 4 aromatic carbocycles. The third-order valence-corrected chi connectivity index (χ3v) is 14.5. The average Bonchev–Trinajstić information content (AvgIpc) is 3.49. The number of allylic oxidation sites excluding steroid dienone is 5. The van der Waals surface area contributed by atoms with E-state index in [1.54, 1.807) is 67.7 Å². The molecule has 4 aromatic rings. The van der Waals surface area contributed by atoms with E-state index in [2.05, 4.69) is 19.2 Å². The summed E-state index contributed by atoms with van der Waals surface area (Å²) in [5, 5.41) is 11.2. The zero-order valence-electron chi connectivity index (χ0n) is 32.3. The topological polar surface area (TPSA) is 122 Å². The molecule has 0 aromatic heterocycles. The Hall–Kier alpha value is -4.97. The second-order valence-electron chi connectivity index (χ2n) is 14.0. The number of carbonyl (C=O) groups is 1. The first-order valence-electron chi connectivity index (χ1n) is 18.7. The van der Waals surface area contributed by atoms with Crippen LogP contribution >= 0.6 is 35.1 Å². The van der Waals surface area contributed by atoms with Gasteiger partial charge in [-0.3, -0.25) is 0 Å². The van der Waals surface area contributed by atoms with Gasteiger partial charge in [0.1, 0.15) is 26.7 Å². The minimum atomic E-state index is -5.80. The summed E-state index contributed by atoms with van der Waals surface area (Å²) < 4.78 is 85.5. The van der Waals surface area contributed by atoms with Crippen LogP contribution in [0.4, 0.5) is 24.5 Å². The van der Waals surface area contributed by atoms with Gasteiger partial charge in [0.15, 0.2) is 0 Å². The van der Waals surface area contributed by atoms with E-state index in [0.717, 1.165) is 46.1 Å². The average molecular weight is 929 g/mol. The lowest BCUT2D eigenvalue weighted by Crippen LogP contribution is -2.45. The fourth-order valence-corrected chi connectivity index (χ4v) is 10.2. The number of anilines is 2. The largest absolute Gasteiger partial charge is 0.501 e. The molecule has 3 N–H and O–H groups in total. The number of aliphatic carboxylic acids is 1. The molecule has 2 heterocycles. The number of alkyl halides is 3. The molecule has 2 unspecified atom stereocenters. The molecule has 1 saturated heterocycles. The summed E-state index contributed by atoms with van der Waals surface area (Å²) in [7, 11) is -6.24. The van der Waals surface area contributed by atoms with Crippen LogP contribution in [0, 0.1) is 0 Å². The number of nitrogens with zero attached hydrogens (tertiary/aromatic N) is 3. The van der Waals surface area contributed by atoms with Crippen LogP contribution in [0.15, 0.2) is 159 Å². The van der Waals surface area contributed by atoms with Crippen LogP contribution in [0.25, 0.3) is 11.1 Å². The monoisotopic (exact) mass is 927 g/mol. The predicted octanol–water partition coefficient (Wildman–Crippen LogP) is 9.30. The van der Waals surface area contributed by atoms with E-state index in [1.807, 2.05) is 48.6 Å². The first-order valence-corrected chi connectivity index (χ1v) is 22.9. The molecular weight excluding hydrogens is 891 g/mol. The van der Waals surface area contributed by atoms with E-state index in [4.69, 9.17) is 23.2 Å². The van der Waals surface area contributed by atoms with Gasteiger partial charge in [0.25, 0.3) is 9.84 Å². The second-order valence-corrected chi connectivity index (χ2v) is 18.9. The number of hydrogen-bond donors (Lipinski definition) is 3. The molecule has 0 bridgehead atoms. The molecule has 0 radical (unpaired) electrons. The van der Waals surface area contributed by atoms with Crippen LogP contribution in [-0.4, -0.2) is 78.3 Å². The van der Waals surface area contributed by atoms with E-state index in [0.29, 0.717) is 53.2 Å². The number of hydrogen-bond acceptors (Lipinski definition) is 9. The number of rotatable bonds is 12. The van der Waals surface area contributed by atoms with Crippen molar-refractivity contribution in [1.29, 1.82) is 0 Å². The van der Waals surface area contributed by atoms with Gasteiger partial charge in [0, 0.05) is 61.0 Å². The van der Waals surface area contributed by atoms with Crippen molar-refractivity contribution < 1.29 is 35.7 Å². The van der Waals surface area contributed by atoms with Gasteiger partial charge in [-0.15, -0.1) is 0 Å². The SMILES string of the molecule is CN1C(Cl)=C(c2ccc(Cl)cc2)CC(c2cccc(N3CCN(C4=CC=CC(NS(=O)c5ccc(NSc6ccccc6)c(S(=O)(=O)C(F)(F)F)c5)C=C4)CC3)c2)=C1C(=O)O. The van der Waals surface area contributed by atoms with Crippen LogP contribution in [-0.2, 0) is 25.6 Å². The summed E-state index contributed by atoms with van der Waals surface area (Å²) in [5.74, 6) is -1.08. The molecule has 2 aliphatic heterocycles. The Kier molecular flexibility index (Phi) is 13.4. The fraction of sp³-hybridized carbons (Fsp3) is 0.186. The van der Waals surface area contributed by atoms with Gasteiger partial charge < -0.3 is 24.5 Å². The Labute approximate surface area is 368 Å². The van der Waals surface area contributed by atoms with Crippen molar-refractivity contribution >= 4 is 84.5 Å². The van der Waals surface area contributed by atoms with Crippen LogP contribution in [0.3, 0.4) is 0 Å². The molecular formula is C43H38Cl2F3N5O5S3. The van der Waals surface area contributed by atoms with Gasteiger partial charge >= 0.3 is 11.5 Å². The summed E-state index contributed by atoms with van der Waals surface area (Å²) in [4.78, 5) is 17.9. The zero-order valence-corrected chi connectivity index (χ0v) is 36.2. The second kappa shape index (κ2) is 18.6. The van der Waals surface area contributed by atoms with Crippen molar-refractivity contribution in [1.82, 2.24) is 14.5 Å². The molecule has 10 nitrogen and oxygen atoms in total. The summed E-state index contributed by atoms with van der Waals surface area (Å²) in [6.45, 7) is 2.63. The quantitative estimate of drug-likeness (QED) is 0.0937. The van der Waals surface area contributed by atoms with Crippen molar-refractivity contribution in [3.05, 3.63) is 160 Å². The number of likely N-dealkylation sites (N-methyl/N-ethyl adjacent to an activating group) is 1. The summed E-state index contributed by atoms with van der Waals surface area (Å²) in [6.07, 6.45) is 9.40. The highest BCUT2D eigenvalue weighted by molar-refractivity contribution is 8.00. The Morgan fingerprint density at radius 1 is 0.869 bits per heavy atom. The standard InChI is InChI=1S/C43H38Cl2F3N5O5S3/c1-51-40(42(54)55)36(27-37(41(51)45)28-13-15-30(44)16-14-28)29-7-5-10-33(25-29)53-23-21-52(22-24-53)32-9-6-8-31(17-18-32)50-60(56)35-19-20-38(49-59-34-11-3-2-4-12-34)39(26-35)61(57,58)43(46,47)48/h2-20,25-26,31,49-50H,21-24,27H2,1H3,(H,54,55). The maximum Gasteiger partial charge on any atom is 0.501 e. The van der Waals surface area contributed by atoms with Crippen molar-refractivity contribution in [2.45, 2.75) is 32.7 Å². The highest BCUT2D eigenvalue weighted by Gasteiger charge is 2.48. The Morgan fingerprint density at radius 2 is 1.57 bits per heavy atom. The van der Waals surface area contributed by atoms with Crippen molar-refractivity contribution in [3.63, 3.8) is 0 Å². The Bertz CT molecular complexity index is 2610. The number of halogens is 5. The molecule has 61 heavy (non-hydrogen) atoms. The van der Waals surface area contributed by atoms with Gasteiger partial charge in [-0.1, -0.05) is 83.9 Å². The summed E-state index contributed by atoms with van der Waals surface area (Å²) >= 11 is 13.8. The van der Waals surface area contributed by atoms with Crippen molar-refractivity contribution in [2.75, 3.05) is 42.8 Å². The zero-order chi connectivity index (χ0) is 43.5. The first kappa shape index (κ1) is 44.1. The fourth-order valence-electron chi connectivity index (χ4n) is 7.06. The highest BCUT2D eigenvalue weighted by Crippen LogP contribution is 2.43. The van der Waals surface area contributed by atoms with Crippen LogP contribution < -0.4 is 14.3 Å². The molecule has 318 valence electrons. The number of sulfone groups is 1. The van der Waals surface area contributed by atoms with Crippen molar-refractivity contribution in [3.8, 4) is 0 Å². The van der Waals surface area contributed by atoms with Gasteiger partial charge in [0.2, 0.25) is 0 Å². The Morgan fingerprint density at radius 3 is 2.26 bits per heavy atom. The van der Waals surface area contributed by atoms with Crippen LogP contribution in [0.2, 0.25) is 5.02 Å². The number of piperazine rings is 1. The molecule has 0 spiro atoms. The first-order chi connectivity index (χ1) is 29.1. The van der Waals surface area contributed by atoms with E-state index in [-0.39, 0.29) is 16.3 Å². The van der Waals surface area contributed by atoms with E-state index in [9.17, 15) is 35.7 Å². The number of nitrogens with one attached hydrogen (secondary N) is 2. The molecule has 18 heteroatoms. The van der Waals surface area contributed by atoms with E-state index >= 15 is 0 Å². The van der Waals surface area contributed by atoms with Gasteiger partial charge in [-0.25, -0.2) is 22.1 Å². The molecule has 3 aliphatic rings. The van der Waals surface area contributed by atoms with Gasteiger partial charge in [0.05, 0.1) is 16.6 Å². The predicted molar refractivity (Wildman–Crippen MR) is 237 cm³/mol. The van der Waals surface area contributed by atoms with E-state index < -0.39 is 43.2 Å². The minimum Gasteiger partial charge on any atom is -0.477 e. The summed E-state index contributed by atoms with van der Waals surface area (Å²) in [5.41, 5.74) is -0.913. The normalized spacial score (nSPS) is 18.0. The van der Waals surface area contributed by atoms with Gasteiger partial charge in [-0.2, -0.15) is 13.2 Å². The Balaban J connectivity index is 1.00. The van der Waals surface area contributed by atoms with Crippen LogP contribution in [0.1, 0.15) is 17.5 Å². The molecule has 0 saturated carbocycles. The lowest BCUT2D eigenvalue weighted by Gasteiger charge is -2.38. The van der Waals surface area contributed by atoms with E-state index in [1.165, 1.54) is 17.0 Å². The maximum absolute atomic E-state index is 13.8. The number of benzene rings is 4. The molecule has 0 amide bonds. The van der Waals surface area contributed by atoms with Gasteiger partial charge in [-0.05, 0) is 101 Å². The lowest BCUT2D eigenvalue weighted by atomic mass is 9.89. The highest BCUT2D eigenvalue weighted by atomic mass is 35.5. The maximum atomic E-state index is 13.8.